The molecule has 2 aromatic carbocycles. The third kappa shape index (κ3) is 3.36. The maximum absolute atomic E-state index is 13.0. The van der Waals surface area contributed by atoms with Gasteiger partial charge in [-0.25, -0.2) is 4.39 Å². The highest BCUT2D eigenvalue weighted by Crippen LogP contribution is 2.18. The van der Waals surface area contributed by atoms with Gasteiger partial charge >= 0.3 is 0 Å². The van der Waals surface area contributed by atoms with Crippen molar-refractivity contribution in [1.82, 2.24) is 15.0 Å². The predicted octanol–water partition coefficient (Wildman–Crippen LogP) is 3.80. The van der Waals surface area contributed by atoms with Crippen molar-refractivity contribution in [2.45, 2.75) is 0 Å². The highest BCUT2D eigenvalue weighted by molar-refractivity contribution is 6.02. The van der Waals surface area contributed by atoms with E-state index in [4.69, 9.17) is 4.42 Å². The third-order valence-electron chi connectivity index (χ3n) is 3.65. The molecule has 0 fully saturated rings. The Morgan fingerprint density at radius 3 is 2.65 bits per heavy atom. The number of hydrogen-bond acceptors (Lipinski definition) is 4. The number of aromatic nitrogens is 3. The predicted molar refractivity (Wildman–Crippen MR) is 95.2 cm³/mol. The molecule has 128 valence electrons. The molecule has 0 bridgehead atoms. The van der Waals surface area contributed by atoms with E-state index in [2.05, 4.69) is 15.5 Å². The van der Waals surface area contributed by atoms with E-state index in [1.165, 1.54) is 29.3 Å². The number of carbonyl (C=O) groups is 1. The van der Waals surface area contributed by atoms with E-state index in [0.29, 0.717) is 28.2 Å². The van der Waals surface area contributed by atoms with Crippen molar-refractivity contribution in [3.63, 3.8) is 0 Å². The molecule has 6 nitrogen and oxygen atoms in total. The number of nitrogens with one attached hydrogen (secondary N) is 1. The van der Waals surface area contributed by atoms with Gasteiger partial charge < -0.3 is 9.73 Å². The van der Waals surface area contributed by atoms with Crippen LogP contribution in [0, 0.1) is 5.82 Å². The number of anilines is 1. The zero-order valence-electron chi connectivity index (χ0n) is 13.5. The van der Waals surface area contributed by atoms with Gasteiger partial charge in [-0.1, -0.05) is 0 Å². The van der Waals surface area contributed by atoms with Crippen LogP contribution in [0.25, 0.3) is 22.8 Å². The molecule has 26 heavy (non-hydrogen) atoms. The Labute approximate surface area is 147 Å². The number of carbonyl (C=O) groups excluding carboxylic acids is 1. The summed E-state index contributed by atoms with van der Waals surface area (Å²) in [6.45, 7) is 0. The van der Waals surface area contributed by atoms with E-state index in [-0.39, 0.29) is 11.7 Å². The van der Waals surface area contributed by atoms with Crippen LogP contribution in [0.15, 0.2) is 71.4 Å². The van der Waals surface area contributed by atoms with E-state index in [9.17, 15) is 9.18 Å². The molecule has 4 aromatic rings. The molecule has 0 spiro atoms. The standard InChI is InChI=1S/C19H13FN4O2/c20-13-3-6-15(7-4-13)24-22-17-9-5-14(12-18(17)23-24)21-19(25)10-8-16-2-1-11-26-16/h1-12H,(H,21,25)/b10-8+. The van der Waals surface area contributed by atoms with E-state index in [1.54, 1.807) is 48.5 Å². The highest BCUT2D eigenvalue weighted by Gasteiger charge is 2.07. The van der Waals surface area contributed by atoms with E-state index >= 15 is 0 Å². The van der Waals surface area contributed by atoms with E-state index in [0.717, 1.165) is 0 Å². The summed E-state index contributed by atoms with van der Waals surface area (Å²) in [6.07, 6.45) is 4.51. The van der Waals surface area contributed by atoms with Gasteiger partial charge in [-0.2, -0.15) is 4.80 Å². The van der Waals surface area contributed by atoms with Crippen LogP contribution < -0.4 is 5.32 Å². The summed E-state index contributed by atoms with van der Waals surface area (Å²) in [5, 5.41) is 11.5. The first-order valence-corrected chi connectivity index (χ1v) is 7.83. The number of amides is 1. The summed E-state index contributed by atoms with van der Waals surface area (Å²) in [7, 11) is 0. The number of benzene rings is 2. The average molecular weight is 348 g/mol. The van der Waals surface area contributed by atoms with Crippen molar-refractivity contribution < 1.29 is 13.6 Å². The maximum Gasteiger partial charge on any atom is 0.248 e. The molecule has 0 saturated heterocycles. The first-order chi connectivity index (χ1) is 12.7. The fourth-order valence-corrected chi connectivity index (χ4v) is 2.41. The van der Waals surface area contributed by atoms with Crippen molar-refractivity contribution in [3.05, 3.63) is 78.5 Å². The Kier molecular flexibility index (Phi) is 4.03. The molecule has 0 radical (unpaired) electrons. The summed E-state index contributed by atoms with van der Waals surface area (Å²) in [4.78, 5) is 13.4. The van der Waals surface area contributed by atoms with Gasteiger partial charge in [0.1, 0.15) is 22.6 Å². The lowest BCUT2D eigenvalue weighted by Crippen LogP contribution is -2.07. The Bertz CT molecular complexity index is 1080. The lowest BCUT2D eigenvalue weighted by Gasteiger charge is -2.00. The van der Waals surface area contributed by atoms with Crippen LogP contribution in [0.4, 0.5) is 10.1 Å². The van der Waals surface area contributed by atoms with Gasteiger partial charge in [0.15, 0.2) is 0 Å². The molecular weight excluding hydrogens is 335 g/mol. The molecule has 2 aromatic heterocycles. The number of fused-ring (bicyclic) bond motifs is 1. The SMILES string of the molecule is O=C(/C=C/c1ccco1)Nc1ccc2nn(-c3ccc(F)cc3)nc2c1. The molecule has 1 amide bonds. The molecule has 0 atom stereocenters. The van der Waals surface area contributed by atoms with Gasteiger partial charge in [-0.3, -0.25) is 4.79 Å². The van der Waals surface area contributed by atoms with Crippen LogP contribution >= 0.6 is 0 Å². The highest BCUT2D eigenvalue weighted by atomic mass is 19.1. The molecule has 0 aliphatic heterocycles. The number of hydrogen-bond donors (Lipinski definition) is 1. The Hall–Kier alpha value is -3.74. The fraction of sp³-hybridized carbons (Fsp3) is 0. The van der Waals surface area contributed by atoms with Gasteiger partial charge in [0.05, 0.1) is 12.0 Å². The van der Waals surface area contributed by atoms with Crippen molar-refractivity contribution >= 4 is 28.7 Å². The fourth-order valence-electron chi connectivity index (χ4n) is 2.41. The first kappa shape index (κ1) is 15.8. The van der Waals surface area contributed by atoms with Crippen LogP contribution in [-0.4, -0.2) is 20.9 Å². The molecule has 0 aliphatic carbocycles. The molecule has 0 aliphatic rings. The van der Waals surface area contributed by atoms with Crippen molar-refractivity contribution in [3.8, 4) is 5.69 Å². The normalized spacial score (nSPS) is 11.3. The van der Waals surface area contributed by atoms with Gasteiger partial charge in [0.25, 0.3) is 0 Å². The van der Waals surface area contributed by atoms with Gasteiger partial charge in [-0.15, -0.1) is 10.2 Å². The van der Waals surface area contributed by atoms with E-state index < -0.39 is 0 Å². The maximum atomic E-state index is 13.0. The summed E-state index contributed by atoms with van der Waals surface area (Å²) in [5.41, 5.74) is 2.52. The van der Waals surface area contributed by atoms with Crippen LogP contribution in [0.2, 0.25) is 0 Å². The Morgan fingerprint density at radius 1 is 1.08 bits per heavy atom. The lowest BCUT2D eigenvalue weighted by molar-refractivity contribution is -0.111. The van der Waals surface area contributed by atoms with Gasteiger partial charge in [0, 0.05) is 11.8 Å². The average Bonchev–Trinajstić information content (AvgIpc) is 3.30. The largest absolute Gasteiger partial charge is 0.465 e. The Balaban J connectivity index is 1.53. The van der Waals surface area contributed by atoms with Crippen molar-refractivity contribution in [1.29, 1.82) is 0 Å². The van der Waals surface area contributed by atoms with Crippen molar-refractivity contribution in [2.75, 3.05) is 5.32 Å². The van der Waals surface area contributed by atoms with E-state index in [1.807, 2.05) is 0 Å². The van der Waals surface area contributed by atoms with Crippen LogP contribution in [0.3, 0.4) is 0 Å². The van der Waals surface area contributed by atoms with Gasteiger partial charge in [-0.05, 0) is 60.7 Å². The first-order valence-electron chi connectivity index (χ1n) is 7.83. The summed E-state index contributed by atoms with van der Waals surface area (Å²) in [6, 6.07) is 14.6. The molecule has 4 rings (SSSR count). The summed E-state index contributed by atoms with van der Waals surface area (Å²) >= 11 is 0. The topological polar surface area (TPSA) is 73.0 Å². The second-order valence-electron chi connectivity index (χ2n) is 5.51. The van der Waals surface area contributed by atoms with Crippen LogP contribution in [-0.2, 0) is 4.79 Å². The summed E-state index contributed by atoms with van der Waals surface area (Å²) < 4.78 is 18.2. The van der Waals surface area contributed by atoms with Crippen LogP contribution in [0.5, 0.6) is 0 Å². The zero-order valence-corrected chi connectivity index (χ0v) is 13.5. The lowest BCUT2D eigenvalue weighted by atomic mass is 10.2. The van der Waals surface area contributed by atoms with Gasteiger partial charge in [0.2, 0.25) is 5.91 Å². The molecular formula is C19H13FN4O2. The minimum atomic E-state index is -0.321. The molecule has 0 saturated carbocycles. The molecule has 2 heterocycles. The number of halogens is 1. The number of nitrogens with zero attached hydrogens (tertiary/aromatic N) is 3. The second-order valence-corrected chi connectivity index (χ2v) is 5.51. The molecule has 0 unspecified atom stereocenters. The molecule has 7 heteroatoms. The third-order valence-corrected chi connectivity index (χ3v) is 3.65. The Morgan fingerprint density at radius 2 is 1.88 bits per heavy atom. The van der Waals surface area contributed by atoms with Crippen LogP contribution in [0.1, 0.15) is 5.76 Å². The molecule has 1 N–H and O–H groups in total. The minimum absolute atomic E-state index is 0.285. The minimum Gasteiger partial charge on any atom is -0.465 e. The smallest absolute Gasteiger partial charge is 0.248 e. The monoisotopic (exact) mass is 348 g/mol. The number of furan rings is 1. The zero-order chi connectivity index (χ0) is 17.9. The summed E-state index contributed by atoms with van der Waals surface area (Å²) in [5.74, 6) is -0.0115. The quantitative estimate of drug-likeness (QED) is 0.569. The number of rotatable bonds is 4. The second kappa shape index (κ2) is 6.64. The van der Waals surface area contributed by atoms with Crippen molar-refractivity contribution in [2.24, 2.45) is 0 Å².